The van der Waals surface area contributed by atoms with Crippen LogP contribution in [0.4, 0.5) is 19.0 Å². The van der Waals surface area contributed by atoms with Crippen LogP contribution in [0.1, 0.15) is 11.1 Å². The van der Waals surface area contributed by atoms with Crippen molar-refractivity contribution in [2.45, 2.75) is 12.6 Å². The van der Waals surface area contributed by atoms with Crippen LogP contribution >= 0.6 is 0 Å². The van der Waals surface area contributed by atoms with E-state index in [4.69, 9.17) is 0 Å². The SMILES string of the molecule is FC(F)(F)c1cccnc1NCCc1ccccc1. The second kappa shape index (κ2) is 5.73. The van der Waals surface area contributed by atoms with Gasteiger partial charge in [0.15, 0.2) is 0 Å². The van der Waals surface area contributed by atoms with Crippen molar-refractivity contribution in [3.63, 3.8) is 0 Å². The molecular formula is C14H13F3N2. The maximum absolute atomic E-state index is 12.7. The summed E-state index contributed by atoms with van der Waals surface area (Å²) in [4.78, 5) is 3.75. The first kappa shape index (κ1) is 13.4. The van der Waals surface area contributed by atoms with Gasteiger partial charge in [0.25, 0.3) is 0 Å². The Morgan fingerprint density at radius 3 is 2.42 bits per heavy atom. The zero-order valence-corrected chi connectivity index (χ0v) is 10.1. The number of hydrogen-bond donors (Lipinski definition) is 1. The Balaban J connectivity index is 2.00. The van der Waals surface area contributed by atoms with E-state index < -0.39 is 11.7 Å². The molecule has 0 saturated carbocycles. The highest BCUT2D eigenvalue weighted by atomic mass is 19.4. The molecule has 0 aliphatic carbocycles. The van der Waals surface area contributed by atoms with Crippen molar-refractivity contribution in [2.75, 3.05) is 11.9 Å². The molecule has 1 heterocycles. The molecule has 2 rings (SSSR count). The standard InChI is InChI=1S/C14H13F3N2/c15-14(16,17)12-7-4-9-18-13(12)19-10-8-11-5-2-1-3-6-11/h1-7,9H,8,10H2,(H,18,19). The van der Waals surface area contributed by atoms with E-state index in [-0.39, 0.29) is 5.82 Å². The minimum atomic E-state index is -4.39. The summed E-state index contributed by atoms with van der Waals surface area (Å²) in [5.41, 5.74) is 0.336. The maximum Gasteiger partial charge on any atom is 0.419 e. The van der Waals surface area contributed by atoms with E-state index in [2.05, 4.69) is 10.3 Å². The van der Waals surface area contributed by atoms with E-state index in [0.717, 1.165) is 11.6 Å². The second-order valence-corrected chi connectivity index (χ2v) is 4.06. The Morgan fingerprint density at radius 1 is 1.00 bits per heavy atom. The van der Waals surface area contributed by atoms with Crippen molar-refractivity contribution >= 4 is 5.82 Å². The van der Waals surface area contributed by atoms with Crippen LogP contribution in [0.15, 0.2) is 48.7 Å². The molecule has 2 nitrogen and oxygen atoms in total. The van der Waals surface area contributed by atoms with Gasteiger partial charge in [-0.3, -0.25) is 0 Å². The number of pyridine rings is 1. The number of nitrogens with zero attached hydrogens (tertiary/aromatic N) is 1. The molecule has 0 radical (unpaired) electrons. The molecule has 100 valence electrons. The average molecular weight is 266 g/mol. The van der Waals surface area contributed by atoms with E-state index >= 15 is 0 Å². The van der Waals surface area contributed by atoms with E-state index in [1.807, 2.05) is 30.3 Å². The third kappa shape index (κ3) is 3.71. The molecule has 0 fully saturated rings. The summed E-state index contributed by atoms with van der Waals surface area (Å²) in [5, 5.41) is 2.74. The highest BCUT2D eigenvalue weighted by molar-refractivity contribution is 5.45. The highest BCUT2D eigenvalue weighted by Gasteiger charge is 2.33. The molecule has 1 aromatic carbocycles. The van der Waals surface area contributed by atoms with Gasteiger partial charge in [-0.2, -0.15) is 13.2 Å². The molecule has 19 heavy (non-hydrogen) atoms. The van der Waals surface area contributed by atoms with Crippen LogP contribution in [0.25, 0.3) is 0 Å². The summed E-state index contributed by atoms with van der Waals surface area (Å²) in [6.07, 6.45) is -2.39. The van der Waals surface area contributed by atoms with Gasteiger partial charge >= 0.3 is 6.18 Å². The number of benzene rings is 1. The predicted octanol–water partition coefficient (Wildman–Crippen LogP) is 3.76. The van der Waals surface area contributed by atoms with Gasteiger partial charge in [0.05, 0.1) is 5.56 Å². The van der Waals surface area contributed by atoms with Crippen molar-refractivity contribution in [1.82, 2.24) is 4.98 Å². The summed E-state index contributed by atoms with van der Waals surface area (Å²) < 4.78 is 38.2. The largest absolute Gasteiger partial charge is 0.419 e. The van der Waals surface area contributed by atoms with Gasteiger partial charge in [0, 0.05) is 12.7 Å². The Bertz CT molecular complexity index is 524. The monoisotopic (exact) mass is 266 g/mol. The topological polar surface area (TPSA) is 24.9 Å². The summed E-state index contributed by atoms with van der Waals surface area (Å²) in [6, 6.07) is 11.9. The van der Waals surface area contributed by atoms with Gasteiger partial charge < -0.3 is 5.32 Å². The van der Waals surface area contributed by atoms with Gasteiger partial charge in [0.2, 0.25) is 0 Å². The normalized spacial score (nSPS) is 11.3. The third-order valence-electron chi connectivity index (χ3n) is 2.66. The lowest BCUT2D eigenvalue weighted by Crippen LogP contribution is -2.14. The molecule has 0 aliphatic rings. The van der Waals surface area contributed by atoms with Crippen LogP contribution in [-0.4, -0.2) is 11.5 Å². The molecule has 0 amide bonds. The minimum absolute atomic E-state index is 0.120. The highest BCUT2D eigenvalue weighted by Crippen LogP contribution is 2.33. The number of halogens is 3. The molecule has 0 bridgehead atoms. The van der Waals surface area contributed by atoms with E-state index in [1.54, 1.807) is 0 Å². The van der Waals surface area contributed by atoms with Crippen molar-refractivity contribution < 1.29 is 13.2 Å². The van der Waals surface area contributed by atoms with Gasteiger partial charge in [-0.25, -0.2) is 4.98 Å². The molecule has 5 heteroatoms. The van der Waals surface area contributed by atoms with E-state index in [0.29, 0.717) is 13.0 Å². The number of anilines is 1. The van der Waals surface area contributed by atoms with Gasteiger partial charge in [-0.05, 0) is 24.1 Å². The van der Waals surface area contributed by atoms with Gasteiger partial charge in [-0.1, -0.05) is 30.3 Å². The van der Waals surface area contributed by atoms with Gasteiger partial charge in [-0.15, -0.1) is 0 Å². The fourth-order valence-electron chi connectivity index (χ4n) is 1.74. The molecule has 0 unspecified atom stereocenters. The fourth-order valence-corrected chi connectivity index (χ4v) is 1.74. The molecule has 0 aliphatic heterocycles. The fraction of sp³-hybridized carbons (Fsp3) is 0.214. The molecule has 0 atom stereocenters. The third-order valence-corrected chi connectivity index (χ3v) is 2.66. The number of hydrogen-bond acceptors (Lipinski definition) is 2. The number of alkyl halides is 3. The lowest BCUT2D eigenvalue weighted by Gasteiger charge is -2.13. The first-order valence-electron chi connectivity index (χ1n) is 5.87. The molecule has 2 aromatic rings. The lowest BCUT2D eigenvalue weighted by molar-refractivity contribution is -0.137. The van der Waals surface area contributed by atoms with Crippen LogP contribution in [-0.2, 0) is 12.6 Å². The number of aromatic nitrogens is 1. The second-order valence-electron chi connectivity index (χ2n) is 4.06. The Hall–Kier alpha value is -2.04. The Kier molecular flexibility index (Phi) is 4.04. The average Bonchev–Trinajstić information content (AvgIpc) is 2.39. The zero-order valence-electron chi connectivity index (χ0n) is 10.1. The van der Waals surface area contributed by atoms with E-state index in [1.165, 1.54) is 12.3 Å². The van der Waals surface area contributed by atoms with Crippen LogP contribution < -0.4 is 5.32 Å². The summed E-state index contributed by atoms with van der Waals surface area (Å²) in [7, 11) is 0. The number of nitrogens with one attached hydrogen (secondary N) is 1. The summed E-state index contributed by atoms with van der Waals surface area (Å²) in [5.74, 6) is -0.120. The summed E-state index contributed by atoms with van der Waals surface area (Å²) >= 11 is 0. The minimum Gasteiger partial charge on any atom is -0.369 e. The number of rotatable bonds is 4. The molecule has 1 N–H and O–H groups in total. The first-order valence-corrected chi connectivity index (χ1v) is 5.87. The molecular weight excluding hydrogens is 253 g/mol. The van der Waals surface area contributed by atoms with Crippen molar-refractivity contribution in [1.29, 1.82) is 0 Å². The van der Waals surface area contributed by atoms with E-state index in [9.17, 15) is 13.2 Å². The van der Waals surface area contributed by atoms with Crippen LogP contribution in [0.2, 0.25) is 0 Å². The first-order chi connectivity index (χ1) is 9.07. The quantitative estimate of drug-likeness (QED) is 0.911. The van der Waals surface area contributed by atoms with Crippen LogP contribution in [0.3, 0.4) is 0 Å². The van der Waals surface area contributed by atoms with Crippen LogP contribution in [0, 0.1) is 0 Å². The maximum atomic E-state index is 12.7. The van der Waals surface area contributed by atoms with Crippen molar-refractivity contribution in [3.05, 3.63) is 59.8 Å². The van der Waals surface area contributed by atoms with Crippen molar-refractivity contribution in [2.24, 2.45) is 0 Å². The molecule has 0 spiro atoms. The molecule has 0 saturated heterocycles. The summed E-state index contributed by atoms with van der Waals surface area (Å²) in [6.45, 7) is 0.407. The zero-order chi connectivity index (χ0) is 13.7. The van der Waals surface area contributed by atoms with Crippen LogP contribution in [0.5, 0.6) is 0 Å². The Morgan fingerprint density at radius 2 is 1.74 bits per heavy atom. The van der Waals surface area contributed by atoms with Crippen molar-refractivity contribution in [3.8, 4) is 0 Å². The van der Waals surface area contributed by atoms with Gasteiger partial charge in [0.1, 0.15) is 5.82 Å². The lowest BCUT2D eigenvalue weighted by atomic mass is 10.1. The smallest absolute Gasteiger partial charge is 0.369 e. The predicted molar refractivity (Wildman–Crippen MR) is 67.9 cm³/mol. The molecule has 1 aromatic heterocycles. The Labute approximate surface area is 109 Å².